The number of methoxy groups -OCH3 is 1. The van der Waals surface area contributed by atoms with Gasteiger partial charge < -0.3 is 10.1 Å². The van der Waals surface area contributed by atoms with Gasteiger partial charge in [0.15, 0.2) is 0 Å². The van der Waals surface area contributed by atoms with Gasteiger partial charge >= 0.3 is 0 Å². The minimum Gasteiger partial charge on any atom is -0.379 e. The van der Waals surface area contributed by atoms with Crippen molar-refractivity contribution in [3.63, 3.8) is 0 Å². The third-order valence-corrected chi connectivity index (χ3v) is 4.05. The molecule has 0 fully saturated rings. The van der Waals surface area contributed by atoms with Crippen molar-refractivity contribution < 1.29 is 4.74 Å². The van der Waals surface area contributed by atoms with E-state index in [1.54, 1.807) is 7.11 Å². The molecule has 1 heterocycles. The third kappa shape index (κ3) is 4.02. The molecule has 0 bridgehead atoms. The van der Waals surface area contributed by atoms with Crippen LogP contribution in [0.15, 0.2) is 30.5 Å². The molecule has 0 unspecified atom stereocenters. The van der Waals surface area contributed by atoms with Crippen LogP contribution in [0.3, 0.4) is 0 Å². The molecule has 1 atom stereocenters. The lowest BCUT2D eigenvalue weighted by Crippen LogP contribution is -2.35. The Labute approximate surface area is 127 Å². The summed E-state index contributed by atoms with van der Waals surface area (Å²) in [6.45, 7) is 9.40. The van der Waals surface area contributed by atoms with Gasteiger partial charge in [-0.25, -0.2) is 0 Å². The van der Waals surface area contributed by atoms with Crippen molar-refractivity contribution in [2.24, 2.45) is 0 Å². The van der Waals surface area contributed by atoms with Gasteiger partial charge in [-0.05, 0) is 51.3 Å². The van der Waals surface area contributed by atoms with Gasteiger partial charge in [0.1, 0.15) is 0 Å². The number of pyridine rings is 1. The van der Waals surface area contributed by atoms with Gasteiger partial charge in [0.05, 0.1) is 11.1 Å². The van der Waals surface area contributed by atoms with Gasteiger partial charge in [-0.3, -0.25) is 4.98 Å². The second kappa shape index (κ2) is 6.54. The van der Waals surface area contributed by atoms with E-state index in [1.807, 2.05) is 12.3 Å². The van der Waals surface area contributed by atoms with Crippen LogP contribution in [-0.4, -0.2) is 23.7 Å². The van der Waals surface area contributed by atoms with Gasteiger partial charge in [-0.15, -0.1) is 0 Å². The van der Waals surface area contributed by atoms with Crippen LogP contribution in [0.5, 0.6) is 0 Å². The number of aromatic nitrogens is 1. The predicted octanol–water partition coefficient (Wildman–Crippen LogP) is 3.84. The summed E-state index contributed by atoms with van der Waals surface area (Å²) in [5, 5.41) is 4.83. The average molecular weight is 286 g/mol. The van der Waals surface area contributed by atoms with Gasteiger partial charge in [-0.2, -0.15) is 0 Å². The topological polar surface area (TPSA) is 34.1 Å². The van der Waals surface area contributed by atoms with E-state index in [0.29, 0.717) is 6.04 Å². The average Bonchev–Trinajstić information content (AvgIpc) is 2.46. The Kier molecular flexibility index (Phi) is 4.96. The van der Waals surface area contributed by atoms with Crippen molar-refractivity contribution >= 4 is 10.9 Å². The van der Waals surface area contributed by atoms with E-state index in [9.17, 15) is 0 Å². The molecular weight excluding hydrogens is 260 g/mol. The van der Waals surface area contributed by atoms with Gasteiger partial charge in [-0.1, -0.05) is 18.2 Å². The summed E-state index contributed by atoms with van der Waals surface area (Å²) >= 11 is 0. The Morgan fingerprint density at radius 1 is 1.29 bits per heavy atom. The minimum absolute atomic E-state index is 0.0939. The summed E-state index contributed by atoms with van der Waals surface area (Å²) in [4.78, 5) is 4.49. The lowest BCUT2D eigenvalue weighted by atomic mass is 9.99. The first-order valence-electron chi connectivity index (χ1n) is 7.55. The lowest BCUT2D eigenvalue weighted by molar-refractivity contribution is 0.00845. The van der Waals surface area contributed by atoms with Crippen LogP contribution in [0.25, 0.3) is 10.9 Å². The summed E-state index contributed by atoms with van der Waals surface area (Å²) in [5.41, 5.74) is 3.53. The van der Waals surface area contributed by atoms with Crippen LogP contribution < -0.4 is 5.32 Å². The molecule has 2 rings (SSSR count). The van der Waals surface area contributed by atoms with E-state index in [1.165, 1.54) is 16.5 Å². The Hall–Kier alpha value is -1.45. The Bertz CT molecular complexity index is 607. The fraction of sp³-hybridized carbons (Fsp3) is 0.500. The zero-order valence-electron chi connectivity index (χ0n) is 13.7. The van der Waals surface area contributed by atoms with E-state index < -0.39 is 0 Å². The maximum Gasteiger partial charge on any atom is 0.0734 e. The van der Waals surface area contributed by atoms with Crippen molar-refractivity contribution in [3.8, 4) is 0 Å². The molecule has 0 aliphatic carbocycles. The van der Waals surface area contributed by atoms with Crippen LogP contribution in [0, 0.1) is 6.92 Å². The monoisotopic (exact) mass is 286 g/mol. The highest BCUT2D eigenvalue weighted by Gasteiger charge is 2.19. The largest absolute Gasteiger partial charge is 0.379 e. The molecule has 0 aliphatic rings. The van der Waals surface area contributed by atoms with Gasteiger partial charge in [0.25, 0.3) is 0 Å². The summed E-state index contributed by atoms with van der Waals surface area (Å²) in [6.07, 6.45) is 2.84. The number of hydrogen-bond acceptors (Lipinski definition) is 3. The third-order valence-electron chi connectivity index (χ3n) is 4.05. The van der Waals surface area contributed by atoms with E-state index in [0.717, 1.165) is 18.5 Å². The zero-order valence-corrected chi connectivity index (χ0v) is 13.7. The highest BCUT2D eigenvalue weighted by Crippen LogP contribution is 2.21. The van der Waals surface area contributed by atoms with Crippen molar-refractivity contribution in [2.45, 2.75) is 52.3 Å². The molecule has 1 N–H and O–H groups in total. The molecule has 21 heavy (non-hydrogen) atoms. The fourth-order valence-electron chi connectivity index (χ4n) is 2.70. The van der Waals surface area contributed by atoms with Crippen LogP contribution in [0.4, 0.5) is 0 Å². The van der Waals surface area contributed by atoms with Crippen molar-refractivity contribution in [3.05, 3.63) is 41.6 Å². The van der Waals surface area contributed by atoms with Crippen molar-refractivity contribution in [2.75, 3.05) is 7.11 Å². The molecule has 3 nitrogen and oxygen atoms in total. The van der Waals surface area contributed by atoms with Crippen LogP contribution >= 0.6 is 0 Å². The molecule has 0 saturated carbocycles. The van der Waals surface area contributed by atoms with E-state index >= 15 is 0 Å². The smallest absolute Gasteiger partial charge is 0.0734 e. The number of benzene rings is 1. The standard InChI is InChI=1S/C18H26N2O/c1-13-8-9-15(16-7-6-10-19-17(13)16)12-20-14(2)11-18(3,4)21-5/h6-10,14,20H,11-12H2,1-5H3/t14-/m1/s1. The molecule has 0 amide bonds. The Morgan fingerprint density at radius 2 is 2.05 bits per heavy atom. The predicted molar refractivity (Wildman–Crippen MR) is 88.5 cm³/mol. The summed E-state index contributed by atoms with van der Waals surface area (Å²) < 4.78 is 5.50. The minimum atomic E-state index is -0.0939. The van der Waals surface area contributed by atoms with Crippen LogP contribution in [0.2, 0.25) is 0 Å². The summed E-state index contributed by atoms with van der Waals surface area (Å²) in [5.74, 6) is 0. The molecule has 2 aromatic rings. The molecular formula is C18H26N2O. The number of rotatable bonds is 6. The number of fused-ring (bicyclic) bond motifs is 1. The summed E-state index contributed by atoms with van der Waals surface area (Å²) in [6, 6.07) is 8.89. The molecule has 0 aliphatic heterocycles. The van der Waals surface area contributed by atoms with E-state index in [-0.39, 0.29) is 5.60 Å². The number of nitrogens with zero attached hydrogens (tertiary/aromatic N) is 1. The highest BCUT2D eigenvalue weighted by molar-refractivity contribution is 5.84. The molecule has 0 radical (unpaired) electrons. The second-order valence-corrected chi connectivity index (χ2v) is 6.39. The van der Waals surface area contributed by atoms with E-state index in [2.05, 4.69) is 56.2 Å². The molecule has 114 valence electrons. The first-order chi connectivity index (χ1) is 9.93. The Balaban J connectivity index is 2.09. The maximum absolute atomic E-state index is 5.50. The normalized spacial score (nSPS) is 13.6. The quantitative estimate of drug-likeness (QED) is 0.876. The SMILES string of the molecule is COC(C)(C)C[C@@H](C)NCc1ccc(C)c2ncccc12. The molecule has 1 aromatic carbocycles. The van der Waals surface area contributed by atoms with Crippen LogP contribution in [-0.2, 0) is 11.3 Å². The zero-order chi connectivity index (χ0) is 15.5. The van der Waals surface area contributed by atoms with Gasteiger partial charge in [0, 0.05) is 31.3 Å². The number of hydrogen-bond donors (Lipinski definition) is 1. The highest BCUT2D eigenvalue weighted by atomic mass is 16.5. The molecule has 0 spiro atoms. The first kappa shape index (κ1) is 15.9. The number of ether oxygens (including phenoxy) is 1. The Morgan fingerprint density at radius 3 is 2.76 bits per heavy atom. The fourth-order valence-corrected chi connectivity index (χ4v) is 2.70. The van der Waals surface area contributed by atoms with Crippen LogP contribution in [0.1, 0.15) is 38.3 Å². The van der Waals surface area contributed by atoms with Gasteiger partial charge in [0.2, 0.25) is 0 Å². The number of aryl methyl sites for hydroxylation is 1. The summed E-state index contributed by atoms with van der Waals surface area (Å²) in [7, 11) is 1.77. The number of nitrogens with one attached hydrogen (secondary N) is 1. The van der Waals surface area contributed by atoms with Crippen molar-refractivity contribution in [1.82, 2.24) is 10.3 Å². The maximum atomic E-state index is 5.50. The first-order valence-corrected chi connectivity index (χ1v) is 7.55. The van der Waals surface area contributed by atoms with Crippen molar-refractivity contribution in [1.29, 1.82) is 0 Å². The molecule has 0 saturated heterocycles. The lowest BCUT2D eigenvalue weighted by Gasteiger charge is -2.27. The van der Waals surface area contributed by atoms with E-state index in [4.69, 9.17) is 4.74 Å². The second-order valence-electron chi connectivity index (χ2n) is 6.39. The molecule has 3 heteroatoms. The molecule has 1 aromatic heterocycles.